The first-order valence-corrected chi connectivity index (χ1v) is 9.68. The molecule has 1 aliphatic heterocycles. The molecule has 146 valence electrons. The molecular weight excluding hydrogens is 372 g/mol. The number of amidine groups is 1. The van der Waals surface area contributed by atoms with E-state index in [1.807, 2.05) is 48.7 Å². The Bertz CT molecular complexity index is 1250. The number of nitrogens with two attached hydrogens (primary N) is 1. The van der Waals surface area contributed by atoms with Gasteiger partial charge in [0.1, 0.15) is 17.1 Å². The smallest absolute Gasteiger partial charge is 0.139 e. The van der Waals surface area contributed by atoms with Crippen molar-refractivity contribution in [2.75, 3.05) is 7.11 Å². The summed E-state index contributed by atoms with van der Waals surface area (Å²) >= 11 is 0. The summed E-state index contributed by atoms with van der Waals surface area (Å²) in [6.45, 7) is 0. The molecule has 0 amide bonds. The summed E-state index contributed by atoms with van der Waals surface area (Å²) in [4.78, 5) is 13.5. The topological polar surface area (TPSA) is 73.4 Å². The number of nitrogens with zero attached hydrogens (tertiary/aromatic N) is 3. The normalized spacial score (nSPS) is 17.3. The maximum absolute atomic E-state index is 6.39. The van der Waals surface area contributed by atoms with Gasteiger partial charge in [-0.3, -0.25) is 9.97 Å². The Hall–Kier alpha value is -3.99. The molecule has 2 aromatic heterocycles. The molecule has 0 saturated heterocycles. The van der Waals surface area contributed by atoms with Crippen molar-refractivity contribution in [1.29, 1.82) is 0 Å². The van der Waals surface area contributed by atoms with Crippen molar-refractivity contribution in [2.24, 2.45) is 10.7 Å². The van der Waals surface area contributed by atoms with E-state index in [0.717, 1.165) is 39.1 Å². The number of pyridine rings is 2. The second kappa shape index (κ2) is 7.12. The number of ether oxygens (including phenoxy) is 1. The Morgan fingerprint density at radius 3 is 2.47 bits per heavy atom. The van der Waals surface area contributed by atoms with E-state index in [9.17, 15) is 0 Å². The Kier molecular flexibility index (Phi) is 4.29. The van der Waals surface area contributed by atoms with Gasteiger partial charge in [0, 0.05) is 29.7 Å². The maximum atomic E-state index is 6.39. The zero-order chi connectivity index (χ0) is 20.6. The van der Waals surface area contributed by atoms with Gasteiger partial charge in [0.15, 0.2) is 0 Å². The zero-order valence-corrected chi connectivity index (χ0v) is 16.5. The van der Waals surface area contributed by atoms with Gasteiger partial charge < -0.3 is 10.5 Å². The summed E-state index contributed by atoms with van der Waals surface area (Å²) in [5.41, 5.74) is 11.7. The first-order chi connectivity index (χ1) is 14.7. The fraction of sp³-hybridized carbons (Fsp3) is 0.0800. The van der Waals surface area contributed by atoms with Gasteiger partial charge in [0.05, 0.1) is 13.3 Å². The number of hydrogen-bond acceptors (Lipinski definition) is 5. The van der Waals surface area contributed by atoms with Gasteiger partial charge in [-0.25, -0.2) is 4.99 Å². The standard InChI is InChI=1S/C25H20N4O/c1-30-21-14-18(15-28-16-21)17-5-4-6-20(13-17)25(19-9-11-27-12-10-19)23-8-3-2-7-22(23)24(26)29-25/h2-16H,1H3,(H2,26,29). The van der Waals surface area contributed by atoms with Gasteiger partial charge in [-0.15, -0.1) is 0 Å². The minimum absolute atomic E-state index is 0.538. The molecule has 0 bridgehead atoms. The molecule has 0 fully saturated rings. The number of hydrogen-bond donors (Lipinski definition) is 1. The lowest BCUT2D eigenvalue weighted by atomic mass is 9.77. The van der Waals surface area contributed by atoms with Crippen LogP contribution < -0.4 is 10.5 Å². The fourth-order valence-corrected chi connectivity index (χ4v) is 4.14. The lowest BCUT2D eigenvalue weighted by molar-refractivity contribution is 0.413. The van der Waals surface area contributed by atoms with Gasteiger partial charge >= 0.3 is 0 Å². The molecule has 30 heavy (non-hydrogen) atoms. The maximum Gasteiger partial charge on any atom is 0.139 e. The van der Waals surface area contributed by atoms with E-state index in [1.165, 1.54) is 0 Å². The average Bonchev–Trinajstić information content (AvgIpc) is 3.13. The lowest BCUT2D eigenvalue weighted by Crippen LogP contribution is -2.25. The first kappa shape index (κ1) is 18.1. The quantitative estimate of drug-likeness (QED) is 0.566. The molecule has 0 spiro atoms. The molecular formula is C25H20N4O. The van der Waals surface area contributed by atoms with Gasteiger partial charge in [-0.2, -0.15) is 0 Å². The average molecular weight is 392 g/mol. The lowest BCUT2D eigenvalue weighted by Gasteiger charge is -2.29. The van der Waals surface area contributed by atoms with Crippen LogP contribution in [-0.2, 0) is 5.54 Å². The molecule has 5 rings (SSSR count). The highest BCUT2D eigenvalue weighted by atomic mass is 16.5. The van der Waals surface area contributed by atoms with Crippen LogP contribution in [0.25, 0.3) is 11.1 Å². The first-order valence-electron chi connectivity index (χ1n) is 9.68. The minimum atomic E-state index is -0.730. The van der Waals surface area contributed by atoms with E-state index in [0.29, 0.717) is 5.84 Å². The van der Waals surface area contributed by atoms with Crippen molar-refractivity contribution in [3.05, 3.63) is 114 Å². The third-order valence-electron chi connectivity index (χ3n) is 5.54. The Morgan fingerprint density at radius 2 is 1.63 bits per heavy atom. The molecule has 1 atom stereocenters. The molecule has 0 aliphatic carbocycles. The van der Waals surface area contributed by atoms with Crippen molar-refractivity contribution in [1.82, 2.24) is 9.97 Å². The van der Waals surface area contributed by atoms with E-state index < -0.39 is 5.54 Å². The number of aromatic nitrogens is 2. The molecule has 2 aromatic carbocycles. The molecule has 0 saturated carbocycles. The molecule has 4 aromatic rings. The van der Waals surface area contributed by atoms with Crippen LogP contribution in [0.1, 0.15) is 22.3 Å². The molecule has 1 unspecified atom stereocenters. The third kappa shape index (κ3) is 2.75. The zero-order valence-electron chi connectivity index (χ0n) is 16.5. The van der Waals surface area contributed by atoms with Gasteiger partial charge in [0.2, 0.25) is 0 Å². The molecule has 2 N–H and O–H groups in total. The molecule has 5 heteroatoms. The highest BCUT2D eigenvalue weighted by Gasteiger charge is 2.42. The van der Waals surface area contributed by atoms with Crippen molar-refractivity contribution < 1.29 is 4.74 Å². The van der Waals surface area contributed by atoms with E-state index in [4.69, 9.17) is 15.5 Å². The minimum Gasteiger partial charge on any atom is -0.495 e. The van der Waals surface area contributed by atoms with Crippen LogP contribution in [0, 0.1) is 0 Å². The van der Waals surface area contributed by atoms with E-state index in [1.54, 1.807) is 25.7 Å². The summed E-state index contributed by atoms with van der Waals surface area (Å²) in [5, 5.41) is 0. The summed E-state index contributed by atoms with van der Waals surface area (Å²) in [6, 6.07) is 22.5. The third-order valence-corrected chi connectivity index (χ3v) is 5.54. The number of fused-ring (bicyclic) bond motifs is 1. The Morgan fingerprint density at radius 1 is 0.800 bits per heavy atom. The second-order valence-corrected chi connectivity index (χ2v) is 7.18. The molecule has 3 heterocycles. The molecule has 0 radical (unpaired) electrons. The van der Waals surface area contributed by atoms with Crippen LogP contribution >= 0.6 is 0 Å². The largest absolute Gasteiger partial charge is 0.495 e. The Balaban J connectivity index is 1.76. The Labute approximate surface area is 174 Å². The summed E-state index contributed by atoms with van der Waals surface area (Å²) in [7, 11) is 1.64. The number of aliphatic imine (C=N–C) groups is 1. The van der Waals surface area contributed by atoms with E-state index >= 15 is 0 Å². The summed E-state index contributed by atoms with van der Waals surface area (Å²) in [6.07, 6.45) is 7.12. The highest BCUT2D eigenvalue weighted by Crippen LogP contribution is 2.46. The SMILES string of the molecule is COc1cncc(-c2cccc(C3(c4ccncc4)N=C(N)c4ccccc43)c2)c1. The fourth-order valence-electron chi connectivity index (χ4n) is 4.14. The van der Waals surface area contributed by atoms with E-state index in [-0.39, 0.29) is 0 Å². The van der Waals surface area contributed by atoms with Crippen LogP contribution in [-0.4, -0.2) is 22.9 Å². The monoisotopic (exact) mass is 392 g/mol. The van der Waals surface area contributed by atoms with Crippen molar-refractivity contribution in [3.8, 4) is 16.9 Å². The molecule has 1 aliphatic rings. The van der Waals surface area contributed by atoms with E-state index in [2.05, 4.69) is 34.2 Å². The number of methoxy groups -OCH3 is 1. The van der Waals surface area contributed by atoms with Crippen molar-refractivity contribution in [2.45, 2.75) is 5.54 Å². The van der Waals surface area contributed by atoms with Crippen LogP contribution in [0.4, 0.5) is 0 Å². The summed E-state index contributed by atoms with van der Waals surface area (Å²) in [5.74, 6) is 1.26. The summed E-state index contributed by atoms with van der Waals surface area (Å²) < 4.78 is 5.35. The predicted octanol–water partition coefficient (Wildman–Crippen LogP) is 4.16. The predicted molar refractivity (Wildman–Crippen MR) is 118 cm³/mol. The van der Waals surface area contributed by atoms with Gasteiger partial charge in [0.25, 0.3) is 0 Å². The highest BCUT2D eigenvalue weighted by molar-refractivity contribution is 6.03. The van der Waals surface area contributed by atoms with Crippen LogP contribution in [0.2, 0.25) is 0 Å². The molecule has 5 nitrogen and oxygen atoms in total. The number of rotatable bonds is 4. The van der Waals surface area contributed by atoms with Gasteiger partial charge in [-0.05, 0) is 46.5 Å². The van der Waals surface area contributed by atoms with Crippen LogP contribution in [0.15, 0.2) is 96.5 Å². The number of benzene rings is 2. The van der Waals surface area contributed by atoms with Crippen LogP contribution in [0.5, 0.6) is 5.75 Å². The van der Waals surface area contributed by atoms with Crippen LogP contribution in [0.3, 0.4) is 0 Å². The van der Waals surface area contributed by atoms with Crippen molar-refractivity contribution in [3.63, 3.8) is 0 Å². The van der Waals surface area contributed by atoms with Crippen molar-refractivity contribution >= 4 is 5.84 Å². The second-order valence-electron chi connectivity index (χ2n) is 7.18. The van der Waals surface area contributed by atoms with Gasteiger partial charge in [-0.1, -0.05) is 42.5 Å².